The molecule has 0 bridgehead atoms. The van der Waals surface area contributed by atoms with E-state index in [1.807, 2.05) is 0 Å². The maximum absolute atomic E-state index is 12.0. The first kappa shape index (κ1) is 20.3. The average molecular weight is 402 g/mol. The van der Waals surface area contributed by atoms with Gasteiger partial charge < -0.3 is 25.3 Å². The Morgan fingerprint density at radius 3 is 3.03 bits per heavy atom. The molecule has 0 fully saturated rings. The lowest BCUT2D eigenvalue weighted by Crippen LogP contribution is -2.72. The topological polar surface area (TPSA) is 154 Å². The van der Waals surface area contributed by atoms with Crippen LogP contribution in [-0.4, -0.2) is 51.6 Å². The number of aromatic amines is 1. The van der Waals surface area contributed by atoms with Crippen LogP contribution in [0.1, 0.15) is 25.3 Å². The number of amides is 1. The maximum atomic E-state index is 12.0. The van der Waals surface area contributed by atoms with Gasteiger partial charge in [0.25, 0.3) is 0 Å². The van der Waals surface area contributed by atoms with Gasteiger partial charge in [-0.1, -0.05) is 6.07 Å². The second-order valence-electron chi connectivity index (χ2n) is 6.53. The summed E-state index contributed by atoms with van der Waals surface area (Å²) < 4.78 is 10.7. The summed E-state index contributed by atoms with van der Waals surface area (Å²) in [5, 5.41) is 12.9. The largest absolute Gasteiger partial charge is 0.469 e. The molecular formula is C19H24N5O5+. The van der Waals surface area contributed by atoms with Crippen molar-refractivity contribution in [1.82, 2.24) is 9.97 Å². The molecule has 6 N–H and O–H groups in total. The number of rotatable bonds is 8. The monoisotopic (exact) mass is 402 g/mol. The fourth-order valence-electron chi connectivity index (χ4n) is 2.90. The van der Waals surface area contributed by atoms with Crippen LogP contribution in [0.5, 0.6) is 5.75 Å². The molecule has 0 aliphatic carbocycles. The highest BCUT2D eigenvalue weighted by atomic mass is 16.5. The molecule has 0 radical (unpaired) electrons. The van der Waals surface area contributed by atoms with Crippen LogP contribution < -0.4 is 20.8 Å². The van der Waals surface area contributed by atoms with E-state index in [-0.39, 0.29) is 31.3 Å². The maximum Gasteiger partial charge on any atom is 0.380 e. The van der Waals surface area contributed by atoms with Gasteiger partial charge in [-0.3, -0.25) is 14.9 Å². The smallest absolute Gasteiger partial charge is 0.380 e. The summed E-state index contributed by atoms with van der Waals surface area (Å²) in [6.45, 7) is 2.00. The van der Waals surface area contributed by atoms with Crippen LogP contribution in [0, 0.1) is 0 Å². The van der Waals surface area contributed by atoms with Gasteiger partial charge in [0, 0.05) is 31.3 Å². The average Bonchev–Trinajstić information content (AvgIpc) is 3.19. The Morgan fingerprint density at radius 2 is 2.31 bits per heavy atom. The molecule has 1 unspecified atom stereocenters. The van der Waals surface area contributed by atoms with Crippen molar-refractivity contribution in [2.75, 3.05) is 11.9 Å². The van der Waals surface area contributed by atoms with Gasteiger partial charge in [0.15, 0.2) is 5.75 Å². The third kappa shape index (κ3) is 5.32. The number of ether oxygens (including phenoxy) is 2. The highest BCUT2D eigenvalue weighted by Gasteiger charge is 2.31. The molecule has 1 aliphatic rings. The molecule has 2 heterocycles. The number of nitrogens with zero attached hydrogens (tertiary/aromatic N) is 1. The SMILES string of the molecule is CCOC(=O)C(N)Cc1ccc2c(c1)[NH+]=C(O)[C@H](CCC(=O)Nc1ncc[nH]1)O2. The van der Waals surface area contributed by atoms with E-state index in [1.54, 1.807) is 31.3 Å². The third-order valence-corrected chi connectivity index (χ3v) is 4.32. The van der Waals surface area contributed by atoms with Crippen molar-refractivity contribution in [2.24, 2.45) is 5.73 Å². The molecule has 1 aromatic carbocycles. The second-order valence-corrected chi connectivity index (χ2v) is 6.53. The van der Waals surface area contributed by atoms with Crippen molar-refractivity contribution in [2.45, 2.75) is 38.3 Å². The zero-order chi connectivity index (χ0) is 20.8. The summed E-state index contributed by atoms with van der Waals surface area (Å²) in [5.41, 5.74) is 7.21. The van der Waals surface area contributed by atoms with Gasteiger partial charge in [0.2, 0.25) is 23.6 Å². The van der Waals surface area contributed by atoms with E-state index < -0.39 is 18.1 Å². The van der Waals surface area contributed by atoms with Crippen LogP contribution in [0.25, 0.3) is 0 Å². The summed E-state index contributed by atoms with van der Waals surface area (Å²) in [4.78, 5) is 33.2. The molecule has 1 aromatic heterocycles. The minimum atomic E-state index is -0.768. The summed E-state index contributed by atoms with van der Waals surface area (Å²) >= 11 is 0. The minimum absolute atomic E-state index is 0.0878. The summed E-state index contributed by atoms with van der Waals surface area (Å²) in [6, 6.07) is 4.51. The normalized spacial score (nSPS) is 16.2. The van der Waals surface area contributed by atoms with Crippen molar-refractivity contribution >= 4 is 29.4 Å². The molecule has 0 spiro atoms. The van der Waals surface area contributed by atoms with E-state index in [9.17, 15) is 14.7 Å². The van der Waals surface area contributed by atoms with Gasteiger partial charge in [-0.05, 0) is 25.0 Å². The molecule has 2 atom stereocenters. The predicted octanol–water partition coefficient (Wildman–Crippen LogP) is -0.309. The van der Waals surface area contributed by atoms with E-state index in [1.165, 1.54) is 6.20 Å². The van der Waals surface area contributed by atoms with Crippen LogP contribution in [-0.2, 0) is 20.7 Å². The Kier molecular flexibility index (Phi) is 6.45. The number of benzene rings is 1. The number of hydrogen-bond donors (Lipinski definition) is 5. The lowest BCUT2D eigenvalue weighted by atomic mass is 10.0. The van der Waals surface area contributed by atoms with Gasteiger partial charge in [-0.25, -0.2) is 4.98 Å². The van der Waals surface area contributed by atoms with Gasteiger partial charge >= 0.3 is 11.9 Å². The number of H-pyrrole nitrogens is 1. The van der Waals surface area contributed by atoms with Crippen molar-refractivity contribution in [1.29, 1.82) is 0 Å². The lowest BCUT2D eigenvalue weighted by molar-refractivity contribution is -0.377. The Hall–Kier alpha value is -3.40. The van der Waals surface area contributed by atoms with E-state index >= 15 is 0 Å². The highest BCUT2D eigenvalue weighted by Crippen LogP contribution is 2.26. The minimum Gasteiger partial charge on any atom is -0.469 e. The molecule has 1 aliphatic heterocycles. The quantitative estimate of drug-likeness (QED) is 0.380. The number of anilines is 1. The molecule has 10 nitrogen and oxygen atoms in total. The molecular weight excluding hydrogens is 378 g/mol. The molecule has 2 aromatic rings. The number of carbonyl (C=O) groups is 2. The summed E-state index contributed by atoms with van der Waals surface area (Å²) in [5.74, 6) is 0.106. The second kappa shape index (κ2) is 9.20. The van der Waals surface area contributed by atoms with E-state index in [0.29, 0.717) is 23.8 Å². The van der Waals surface area contributed by atoms with Gasteiger partial charge in [-0.15, -0.1) is 0 Å². The van der Waals surface area contributed by atoms with Gasteiger partial charge in [-0.2, -0.15) is 4.99 Å². The first-order chi connectivity index (χ1) is 14.0. The number of nitrogens with one attached hydrogen (secondary N) is 3. The van der Waals surface area contributed by atoms with E-state index in [0.717, 1.165) is 5.56 Å². The first-order valence-corrected chi connectivity index (χ1v) is 9.30. The number of fused-ring (bicyclic) bond motifs is 1. The molecule has 10 heteroatoms. The van der Waals surface area contributed by atoms with Crippen LogP contribution >= 0.6 is 0 Å². The fourth-order valence-corrected chi connectivity index (χ4v) is 2.90. The van der Waals surface area contributed by atoms with E-state index in [2.05, 4.69) is 20.3 Å². The third-order valence-electron chi connectivity index (χ3n) is 4.32. The zero-order valence-electron chi connectivity index (χ0n) is 16.0. The van der Waals surface area contributed by atoms with Crippen LogP contribution in [0.4, 0.5) is 11.6 Å². The van der Waals surface area contributed by atoms with Crippen molar-refractivity contribution in [3.05, 3.63) is 36.2 Å². The molecule has 3 rings (SSSR count). The number of esters is 1. The predicted molar refractivity (Wildman–Crippen MR) is 104 cm³/mol. The van der Waals surface area contributed by atoms with E-state index in [4.69, 9.17) is 15.2 Å². The Bertz CT molecular complexity index is 896. The Morgan fingerprint density at radius 1 is 1.48 bits per heavy atom. The summed E-state index contributed by atoms with van der Waals surface area (Å²) in [6.07, 6.45) is 3.18. The number of carbonyl (C=O) groups excluding carboxylic acids is 2. The number of hydrogen-bond acceptors (Lipinski definition) is 6. The Labute approximate surface area is 167 Å². The number of nitrogens with two attached hydrogens (primary N) is 1. The lowest BCUT2D eigenvalue weighted by Gasteiger charge is -2.19. The van der Waals surface area contributed by atoms with Gasteiger partial charge in [0.1, 0.15) is 6.04 Å². The number of imidazole rings is 1. The van der Waals surface area contributed by atoms with Gasteiger partial charge in [0.05, 0.1) is 6.61 Å². The number of aromatic nitrogens is 2. The zero-order valence-corrected chi connectivity index (χ0v) is 16.0. The molecule has 154 valence electrons. The molecule has 29 heavy (non-hydrogen) atoms. The van der Waals surface area contributed by atoms with Crippen LogP contribution in [0.15, 0.2) is 30.6 Å². The van der Waals surface area contributed by atoms with Crippen molar-refractivity contribution in [3.63, 3.8) is 0 Å². The van der Waals surface area contributed by atoms with Crippen molar-refractivity contribution < 1.29 is 29.2 Å². The Balaban J connectivity index is 1.58. The molecule has 0 saturated carbocycles. The van der Waals surface area contributed by atoms with Crippen LogP contribution in [0.2, 0.25) is 0 Å². The summed E-state index contributed by atoms with van der Waals surface area (Å²) in [7, 11) is 0. The van der Waals surface area contributed by atoms with Crippen molar-refractivity contribution in [3.8, 4) is 5.75 Å². The fraction of sp³-hybridized carbons (Fsp3) is 0.368. The number of aliphatic hydroxyl groups is 1. The highest BCUT2D eigenvalue weighted by molar-refractivity contribution is 5.89. The van der Waals surface area contributed by atoms with Crippen LogP contribution in [0.3, 0.4) is 0 Å². The molecule has 1 amide bonds. The molecule has 0 saturated heterocycles. The first-order valence-electron chi connectivity index (χ1n) is 9.30. The number of aliphatic hydroxyl groups excluding tert-OH is 1. The standard InChI is InChI=1S/C19H23N5O5/c1-2-28-18(27)12(20)9-11-3-4-14-13(10-11)23-17(26)15(29-14)5-6-16(25)24-19-21-7-8-22-19/h3-4,7-8,10,12,15H,2,5-6,9,20H2,1H3,(H,23,26)(H2,21,22,24,25)/p+1/t12?,15-/m0/s1.